The van der Waals surface area contributed by atoms with Crippen LogP contribution in [0.15, 0.2) is 47.4 Å². The molecule has 0 radical (unpaired) electrons. The zero-order chi connectivity index (χ0) is 22.8. The number of non-ortho nitro benzene ring substituents is 1. The first-order valence-corrected chi connectivity index (χ1v) is 11.5. The monoisotopic (exact) mass is 486 g/mol. The lowest BCUT2D eigenvalue weighted by Gasteiger charge is -2.36. The molecule has 1 aliphatic rings. The van der Waals surface area contributed by atoms with E-state index in [1.54, 1.807) is 6.92 Å². The van der Waals surface area contributed by atoms with Crippen molar-refractivity contribution in [1.82, 2.24) is 9.21 Å². The second-order valence-electron chi connectivity index (χ2n) is 6.98. The standard InChI is InChI=1S/C19H20Cl2N4O5S/c1-13(19(26)22-15-3-5-16(6-4-15)25(27)28)23-8-10-24(11-9-23)31(29,30)18-12-14(20)2-7-17(18)21/h2-7,12-13H,8-11H2,1H3,(H,22,26). The lowest BCUT2D eigenvalue weighted by molar-refractivity contribution is -0.384. The van der Waals surface area contributed by atoms with Crippen LogP contribution in [0.1, 0.15) is 6.92 Å². The number of halogens is 2. The Morgan fingerprint density at radius 1 is 1.10 bits per heavy atom. The van der Waals surface area contributed by atoms with Gasteiger partial charge in [0.1, 0.15) is 4.90 Å². The maximum absolute atomic E-state index is 12.9. The van der Waals surface area contributed by atoms with Crippen LogP contribution in [0.5, 0.6) is 0 Å². The SMILES string of the molecule is CC(C(=O)Nc1ccc([N+](=O)[O-])cc1)N1CCN(S(=O)(=O)c2cc(Cl)ccc2Cl)CC1. The highest BCUT2D eigenvalue weighted by Crippen LogP contribution is 2.28. The van der Waals surface area contributed by atoms with Crippen LogP contribution in [0.3, 0.4) is 0 Å². The van der Waals surface area contributed by atoms with Crippen molar-refractivity contribution in [2.75, 3.05) is 31.5 Å². The van der Waals surface area contributed by atoms with E-state index in [2.05, 4.69) is 5.32 Å². The van der Waals surface area contributed by atoms with Crippen molar-refractivity contribution in [3.05, 3.63) is 62.6 Å². The van der Waals surface area contributed by atoms with E-state index < -0.39 is 21.0 Å². The fourth-order valence-electron chi connectivity index (χ4n) is 3.22. The summed E-state index contributed by atoms with van der Waals surface area (Å²) in [4.78, 5) is 24.6. The number of hydrogen-bond acceptors (Lipinski definition) is 6. The number of carbonyl (C=O) groups is 1. The molecule has 1 N–H and O–H groups in total. The Balaban J connectivity index is 1.61. The molecule has 1 unspecified atom stereocenters. The molecule has 1 aliphatic heterocycles. The van der Waals surface area contributed by atoms with Crippen molar-refractivity contribution in [2.45, 2.75) is 17.9 Å². The zero-order valence-corrected chi connectivity index (χ0v) is 18.8. The molecular weight excluding hydrogens is 467 g/mol. The van der Waals surface area contributed by atoms with E-state index in [0.29, 0.717) is 18.8 Å². The van der Waals surface area contributed by atoms with E-state index >= 15 is 0 Å². The van der Waals surface area contributed by atoms with Crippen LogP contribution in [0.25, 0.3) is 0 Å². The lowest BCUT2D eigenvalue weighted by atomic mass is 10.2. The normalized spacial score (nSPS) is 16.6. The summed E-state index contributed by atoms with van der Waals surface area (Å²) in [6.07, 6.45) is 0. The Bertz CT molecular complexity index is 1090. The number of benzene rings is 2. The van der Waals surface area contributed by atoms with E-state index in [1.807, 2.05) is 4.90 Å². The van der Waals surface area contributed by atoms with Crippen LogP contribution in [-0.4, -0.2) is 60.7 Å². The van der Waals surface area contributed by atoms with Gasteiger partial charge in [0.15, 0.2) is 0 Å². The van der Waals surface area contributed by atoms with Gasteiger partial charge in [0, 0.05) is 49.0 Å². The molecule has 166 valence electrons. The Kier molecular flexibility index (Phi) is 7.17. The highest BCUT2D eigenvalue weighted by atomic mass is 35.5. The van der Waals surface area contributed by atoms with E-state index in [0.717, 1.165) is 0 Å². The van der Waals surface area contributed by atoms with Crippen LogP contribution in [-0.2, 0) is 14.8 Å². The molecule has 0 saturated carbocycles. The summed E-state index contributed by atoms with van der Waals surface area (Å²) < 4.78 is 27.2. The highest BCUT2D eigenvalue weighted by Gasteiger charge is 2.33. The van der Waals surface area contributed by atoms with Crippen LogP contribution >= 0.6 is 23.2 Å². The zero-order valence-electron chi connectivity index (χ0n) is 16.5. The number of amides is 1. The smallest absolute Gasteiger partial charge is 0.269 e. The Morgan fingerprint density at radius 2 is 1.71 bits per heavy atom. The molecule has 2 aromatic carbocycles. The molecule has 3 rings (SSSR count). The topological polar surface area (TPSA) is 113 Å². The second kappa shape index (κ2) is 9.49. The molecule has 9 nitrogen and oxygen atoms in total. The second-order valence-corrected chi connectivity index (χ2v) is 9.73. The van der Waals surface area contributed by atoms with Crippen molar-refractivity contribution >= 4 is 50.5 Å². The van der Waals surface area contributed by atoms with Gasteiger partial charge in [-0.1, -0.05) is 23.2 Å². The molecule has 12 heteroatoms. The predicted molar refractivity (Wildman–Crippen MR) is 118 cm³/mol. The quantitative estimate of drug-likeness (QED) is 0.495. The van der Waals surface area contributed by atoms with Gasteiger partial charge in [0.05, 0.1) is 16.0 Å². The summed E-state index contributed by atoms with van der Waals surface area (Å²) in [5, 5.41) is 13.8. The van der Waals surface area contributed by atoms with Gasteiger partial charge in [-0.3, -0.25) is 19.8 Å². The van der Waals surface area contributed by atoms with Crippen LogP contribution in [0, 0.1) is 10.1 Å². The maximum Gasteiger partial charge on any atom is 0.269 e. The van der Waals surface area contributed by atoms with Gasteiger partial charge in [-0.2, -0.15) is 4.31 Å². The number of nitro groups is 1. The fraction of sp³-hybridized carbons (Fsp3) is 0.316. The molecule has 0 spiro atoms. The van der Waals surface area contributed by atoms with Gasteiger partial charge < -0.3 is 5.32 Å². The molecule has 1 atom stereocenters. The molecular formula is C19H20Cl2N4O5S. The number of nitro benzene ring substituents is 1. The number of anilines is 1. The number of hydrogen-bond donors (Lipinski definition) is 1. The van der Waals surface area contributed by atoms with Crippen LogP contribution in [0.4, 0.5) is 11.4 Å². The van der Waals surface area contributed by atoms with Gasteiger partial charge in [0.2, 0.25) is 15.9 Å². The minimum Gasteiger partial charge on any atom is -0.325 e. The van der Waals surface area contributed by atoms with Crippen molar-refractivity contribution in [2.24, 2.45) is 0 Å². The van der Waals surface area contributed by atoms with Gasteiger partial charge in [-0.05, 0) is 37.3 Å². The maximum atomic E-state index is 12.9. The third-order valence-electron chi connectivity index (χ3n) is 5.06. The Morgan fingerprint density at radius 3 is 2.29 bits per heavy atom. The minimum atomic E-state index is -3.81. The molecule has 1 fully saturated rings. The largest absolute Gasteiger partial charge is 0.325 e. The first-order valence-electron chi connectivity index (χ1n) is 9.34. The number of piperazine rings is 1. The molecule has 0 bridgehead atoms. The predicted octanol–water partition coefficient (Wildman–Crippen LogP) is 3.24. The van der Waals surface area contributed by atoms with Crippen LogP contribution < -0.4 is 5.32 Å². The van der Waals surface area contributed by atoms with Crippen LogP contribution in [0.2, 0.25) is 10.0 Å². The van der Waals surface area contributed by atoms with E-state index in [9.17, 15) is 23.3 Å². The third-order valence-corrected chi connectivity index (χ3v) is 7.67. The van der Waals surface area contributed by atoms with Crippen molar-refractivity contribution in [3.8, 4) is 0 Å². The summed E-state index contributed by atoms with van der Waals surface area (Å²) in [5.74, 6) is -0.289. The first kappa shape index (κ1) is 23.4. The highest BCUT2D eigenvalue weighted by molar-refractivity contribution is 7.89. The molecule has 1 amide bonds. The summed E-state index contributed by atoms with van der Waals surface area (Å²) in [7, 11) is -3.81. The van der Waals surface area contributed by atoms with Crippen molar-refractivity contribution < 1.29 is 18.1 Å². The number of carbonyl (C=O) groups excluding carboxylic acids is 1. The van der Waals surface area contributed by atoms with Gasteiger partial charge in [0.25, 0.3) is 5.69 Å². The molecule has 31 heavy (non-hydrogen) atoms. The molecule has 2 aromatic rings. The van der Waals surface area contributed by atoms with Crippen molar-refractivity contribution in [1.29, 1.82) is 0 Å². The number of nitrogens with zero attached hydrogens (tertiary/aromatic N) is 3. The number of sulfonamides is 1. The Hall–Kier alpha value is -2.24. The summed E-state index contributed by atoms with van der Waals surface area (Å²) in [6, 6.07) is 9.31. The Labute approximate surface area is 189 Å². The third kappa shape index (κ3) is 5.34. The average molecular weight is 487 g/mol. The number of rotatable bonds is 6. The van der Waals surface area contributed by atoms with Gasteiger partial charge in [-0.25, -0.2) is 8.42 Å². The average Bonchev–Trinajstić information content (AvgIpc) is 2.75. The summed E-state index contributed by atoms with van der Waals surface area (Å²) in [6.45, 7) is 2.82. The summed E-state index contributed by atoms with van der Waals surface area (Å²) >= 11 is 12.0. The van der Waals surface area contributed by atoms with Crippen molar-refractivity contribution in [3.63, 3.8) is 0 Å². The van der Waals surface area contributed by atoms with E-state index in [-0.39, 0.29) is 39.6 Å². The summed E-state index contributed by atoms with van der Waals surface area (Å²) in [5.41, 5.74) is 0.377. The molecule has 0 aliphatic carbocycles. The molecule has 1 saturated heterocycles. The van der Waals surface area contributed by atoms with Gasteiger partial charge in [-0.15, -0.1) is 0 Å². The van der Waals surface area contributed by atoms with E-state index in [1.165, 1.54) is 46.8 Å². The lowest BCUT2D eigenvalue weighted by Crippen LogP contribution is -2.53. The minimum absolute atomic E-state index is 0.0425. The first-order chi connectivity index (χ1) is 14.6. The number of nitrogens with one attached hydrogen (secondary N) is 1. The molecule has 1 heterocycles. The molecule has 0 aromatic heterocycles. The van der Waals surface area contributed by atoms with Gasteiger partial charge >= 0.3 is 0 Å². The van der Waals surface area contributed by atoms with E-state index in [4.69, 9.17) is 23.2 Å². The fourth-order valence-corrected chi connectivity index (χ4v) is 5.38.